The zero-order valence-electron chi connectivity index (χ0n) is 7.54. The lowest BCUT2D eigenvalue weighted by Crippen LogP contribution is -2.05. The van der Waals surface area contributed by atoms with Crippen LogP contribution in [-0.4, -0.2) is 34.0 Å². The van der Waals surface area contributed by atoms with Gasteiger partial charge in [-0.25, -0.2) is 0 Å². The number of aromatic nitrogens is 3. The molecule has 0 saturated heterocycles. The fourth-order valence-corrected chi connectivity index (χ4v) is 0.924. The summed E-state index contributed by atoms with van der Waals surface area (Å²) in [7, 11) is 0. The van der Waals surface area contributed by atoms with Crippen LogP contribution in [0.2, 0.25) is 5.28 Å². The third-order valence-corrected chi connectivity index (χ3v) is 1.47. The molecule has 0 fully saturated rings. The largest absolute Gasteiger partial charge is 0.464 e. The fraction of sp³-hybridized carbons (Fsp3) is 0.571. The topological polar surface area (TPSA) is 57.1 Å². The third kappa shape index (κ3) is 3.51. The minimum atomic E-state index is 0.0352. The predicted octanol–water partition coefficient (Wildman–Crippen LogP) is 1.54. The molecule has 0 atom stereocenters. The van der Waals surface area contributed by atoms with Gasteiger partial charge in [0, 0.05) is 0 Å². The highest BCUT2D eigenvalue weighted by Crippen LogP contribution is 2.12. The van der Waals surface area contributed by atoms with Gasteiger partial charge >= 0.3 is 12.0 Å². The van der Waals surface area contributed by atoms with Crippen LogP contribution in [0.25, 0.3) is 0 Å². The Morgan fingerprint density at radius 3 is 2.36 bits per heavy atom. The van der Waals surface area contributed by atoms with Crippen LogP contribution in [-0.2, 0) is 0 Å². The molecule has 1 aromatic heterocycles. The van der Waals surface area contributed by atoms with E-state index in [0.29, 0.717) is 19.1 Å². The van der Waals surface area contributed by atoms with E-state index in [1.807, 2.05) is 6.92 Å². The van der Waals surface area contributed by atoms with Crippen LogP contribution in [0.3, 0.4) is 0 Å². The quantitative estimate of drug-likeness (QED) is 0.728. The molecule has 1 heterocycles. The molecule has 0 N–H and O–H groups in total. The number of rotatable bonds is 5. The first kappa shape index (κ1) is 11.3. The van der Waals surface area contributed by atoms with Crippen LogP contribution in [0, 0.1) is 0 Å². The molecule has 0 aliphatic heterocycles. The average Bonchev–Trinajstić information content (AvgIpc) is 2.14. The molecule has 0 aliphatic rings. The first-order valence-corrected chi connectivity index (χ1v) is 4.90. The standard InChI is InChI=1S/C7H9Cl2N3O2/c1-2-13-6-10-5(9)11-7(12-6)14-4-3-8/h2-4H2,1H3. The van der Waals surface area contributed by atoms with E-state index < -0.39 is 0 Å². The van der Waals surface area contributed by atoms with Gasteiger partial charge in [0.1, 0.15) is 6.61 Å². The monoisotopic (exact) mass is 237 g/mol. The summed E-state index contributed by atoms with van der Waals surface area (Å²) < 4.78 is 10.1. The summed E-state index contributed by atoms with van der Waals surface area (Å²) in [5.41, 5.74) is 0. The van der Waals surface area contributed by atoms with E-state index in [9.17, 15) is 0 Å². The Bertz CT molecular complexity index is 298. The molecule has 1 aromatic rings. The van der Waals surface area contributed by atoms with Crippen LogP contribution in [0.4, 0.5) is 0 Å². The lowest BCUT2D eigenvalue weighted by atomic mass is 10.8. The molecule has 1 rings (SSSR count). The molecule has 0 unspecified atom stereocenters. The lowest BCUT2D eigenvalue weighted by molar-refractivity contribution is 0.280. The molecule has 0 amide bonds. The van der Waals surface area contributed by atoms with Crippen molar-refractivity contribution >= 4 is 23.2 Å². The summed E-state index contributed by atoms with van der Waals surface area (Å²) >= 11 is 11.0. The maximum Gasteiger partial charge on any atom is 0.323 e. The molecule has 0 saturated carbocycles. The molecular weight excluding hydrogens is 229 g/mol. The van der Waals surface area contributed by atoms with Crippen LogP contribution in [0.5, 0.6) is 12.0 Å². The van der Waals surface area contributed by atoms with Gasteiger partial charge in [-0.3, -0.25) is 0 Å². The van der Waals surface area contributed by atoms with Gasteiger partial charge in [0.05, 0.1) is 12.5 Å². The number of ether oxygens (including phenoxy) is 2. The number of nitrogens with zero attached hydrogens (tertiary/aromatic N) is 3. The molecule has 0 spiro atoms. The molecular formula is C7H9Cl2N3O2. The summed E-state index contributed by atoms with van der Waals surface area (Å²) in [6.07, 6.45) is 0. The minimum absolute atomic E-state index is 0.0352. The van der Waals surface area contributed by atoms with Gasteiger partial charge in [-0.15, -0.1) is 16.6 Å². The zero-order chi connectivity index (χ0) is 10.4. The Balaban J connectivity index is 2.73. The lowest BCUT2D eigenvalue weighted by Gasteiger charge is -2.04. The highest BCUT2D eigenvalue weighted by molar-refractivity contribution is 6.28. The fourth-order valence-electron chi connectivity index (χ4n) is 0.703. The minimum Gasteiger partial charge on any atom is -0.464 e. The van der Waals surface area contributed by atoms with Crippen molar-refractivity contribution in [1.82, 2.24) is 15.0 Å². The summed E-state index contributed by atoms with van der Waals surface area (Å²) in [6, 6.07) is 0.270. The Hall–Kier alpha value is -0.810. The smallest absolute Gasteiger partial charge is 0.323 e. The van der Waals surface area contributed by atoms with E-state index in [1.54, 1.807) is 0 Å². The molecule has 0 aliphatic carbocycles. The first-order chi connectivity index (χ1) is 6.76. The number of halogens is 2. The van der Waals surface area contributed by atoms with Crippen LogP contribution in [0.15, 0.2) is 0 Å². The maximum atomic E-state index is 5.61. The Morgan fingerprint density at radius 2 is 1.79 bits per heavy atom. The van der Waals surface area contributed by atoms with Gasteiger partial charge in [0.25, 0.3) is 0 Å². The third-order valence-electron chi connectivity index (χ3n) is 1.15. The van der Waals surface area contributed by atoms with E-state index in [-0.39, 0.29) is 17.3 Å². The van der Waals surface area contributed by atoms with Crippen molar-refractivity contribution in [3.8, 4) is 12.0 Å². The van der Waals surface area contributed by atoms with E-state index in [2.05, 4.69) is 15.0 Å². The zero-order valence-corrected chi connectivity index (χ0v) is 9.05. The summed E-state index contributed by atoms with van der Waals surface area (Å²) in [5.74, 6) is 0.354. The maximum absolute atomic E-state index is 5.61. The molecule has 78 valence electrons. The molecule has 7 heteroatoms. The van der Waals surface area contributed by atoms with E-state index in [0.717, 1.165) is 0 Å². The van der Waals surface area contributed by atoms with Crippen molar-refractivity contribution in [3.05, 3.63) is 5.28 Å². The summed E-state index contributed by atoms with van der Waals surface area (Å²) in [5, 5.41) is 0.0352. The Kier molecular flexibility index (Phi) is 4.69. The van der Waals surface area contributed by atoms with Gasteiger partial charge < -0.3 is 9.47 Å². The van der Waals surface area contributed by atoms with Crippen LogP contribution < -0.4 is 9.47 Å². The molecule has 0 aromatic carbocycles. The highest BCUT2D eigenvalue weighted by Gasteiger charge is 2.05. The number of hydrogen-bond acceptors (Lipinski definition) is 5. The van der Waals surface area contributed by atoms with E-state index >= 15 is 0 Å². The van der Waals surface area contributed by atoms with Crippen molar-refractivity contribution in [2.45, 2.75) is 6.92 Å². The van der Waals surface area contributed by atoms with Gasteiger partial charge in [0.15, 0.2) is 0 Å². The second-order valence-electron chi connectivity index (χ2n) is 2.14. The molecule has 5 nitrogen and oxygen atoms in total. The van der Waals surface area contributed by atoms with Crippen molar-refractivity contribution in [2.24, 2.45) is 0 Å². The summed E-state index contributed by atoms with van der Waals surface area (Å²) in [6.45, 7) is 2.58. The Labute approximate surface area is 91.4 Å². The number of hydrogen-bond donors (Lipinski definition) is 0. The predicted molar refractivity (Wildman–Crippen MR) is 52.2 cm³/mol. The number of alkyl halides is 1. The van der Waals surface area contributed by atoms with Gasteiger partial charge in [-0.05, 0) is 18.5 Å². The van der Waals surface area contributed by atoms with Gasteiger partial charge in [-0.1, -0.05) is 0 Å². The van der Waals surface area contributed by atoms with Gasteiger partial charge in [0.2, 0.25) is 5.28 Å². The van der Waals surface area contributed by atoms with Gasteiger partial charge in [-0.2, -0.15) is 9.97 Å². The van der Waals surface area contributed by atoms with Crippen LogP contribution >= 0.6 is 23.2 Å². The highest BCUT2D eigenvalue weighted by atomic mass is 35.5. The van der Waals surface area contributed by atoms with Crippen molar-refractivity contribution in [2.75, 3.05) is 19.1 Å². The molecule has 0 radical (unpaired) electrons. The molecule has 0 bridgehead atoms. The second kappa shape index (κ2) is 5.82. The van der Waals surface area contributed by atoms with E-state index in [1.165, 1.54) is 0 Å². The SMILES string of the molecule is CCOc1nc(Cl)nc(OCCCl)n1. The Morgan fingerprint density at radius 1 is 1.14 bits per heavy atom. The van der Waals surface area contributed by atoms with Crippen molar-refractivity contribution in [1.29, 1.82) is 0 Å². The van der Waals surface area contributed by atoms with E-state index in [4.69, 9.17) is 32.7 Å². The average molecular weight is 238 g/mol. The molecule has 14 heavy (non-hydrogen) atoms. The van der Waals surface area contributed by atoms with Crippen molar-refractivity contribution < 1.29 is 9.47 Å². The van der Waals surface area contributed by atoms with Crippen molar-refractivity contribution in [3.63, 3.8) is 0 Å². The normalized spacial score (nSPS) is 9.93. The second-order valence-corrected chi connectivity index (χ2v) is 2.86. The summed E-state index contributed by atoms with van der Waals surface area (Å²) in [4.78, 5) is 11.3. The van der Waals surface area contributed by atoms with Crippen LogP contribution in [0.1, 0.15) is 6.92 Å². The first-order valence-electron chi connectivity index (χ1n) is 3.99.